The normalized spacial score (nSPS) is 10.3. The summed E-state index contributed by atoms with van der Waals surface area (Å²) < 4.78 is 5.59. The third kappa shape index (κ3) is 3.73. The summed E-state index contributed by atoms with van der Waals surface area (Å²) >= 11 is 4.66. The van der Waals surface area contributed by atoms with E-state index >= 15 is 0 Å². The number of hydrogen-bond donors (Lipinski definition) is 1. The van der Waals surface area contributed by atoms with Crippen molar-refractivity contribution in [2.45, 2.75) is 6.92 Å². The smallest absolute Gasteiger partial charge is 0.329 e. The Kier molecular flexibility index (Phi) is 4.44. The van der Waals surface area contributed by atoms with Crippen LogP contribution in [0.4, 0.5) is 0 Å². The van der Waals surface area contributed by atoms with Crippen molar-refractivity contribution in [2.75, 3.05) is 13.2 Å². The zero-order valence-corrected chi connectivity index (χ0v) is 10.4. The molecule has 6 heteroatoms. The fourth-order valence-corrected chi connectivity index (χ4v) is 2.36. The second-order valence-corrected chi connectivity index (χ2v) is 4.94. The molecule has 0 aliphatic rings. The van der Waals surface area contributed by atoms with E-state index in [0.717, 1.165) is 9.35 Å². The van der Waals surface area contributed by atoms with E-state index < -0.39 is 12.6 Å². The van der Waals surface area contributed by atoms with E-state index in [2.05, 4.69) is 15.9 Å². The maximum atomic E-state index is 11.5. The molecule has 0 radical (unpaired) electrons. The van der Waals surface area contributed by atoms with Gasteiger partial charge in [0.2, 0.25) is 0 Å². The number of halogens is 1. The van der Waals surface area contributed by atoms with Crippen LogP contribution in [0.1, 0.15) is 14.5 Å². The number of hydrogen-bond acceptors (Lipinski definition) is 4. The topological polar surface area (TPSA) is 63.6 Å². The maximum absolute atomic E-state index is 11.5. The number of carbonyl (C=O) groups excluding carboxylic acids is 1. The Bertz CT molecular complexity index is 366. The van der Waals surface area contributed by atoms with E-state index in [0.29, 0.717) is 4.88 Å². The first-order chi connectivity index (χ1) is 7.00. The van der Waals surface area contributed by atoms with Crippen molar-refractivity contribution in [3.05, 3.63) is 20.3 Å². The van der Waals surface area contributed by atoms with Crippen LogP contribution < -0.4 is 0 Å². The van der Waals surface area contributed by atoms with Gasteiger partial charge in [0.15, 0.2) is 5.78 Å². The molecule has 0 aliphatic carbocycles. The van der Waals surface area contributed by atoms with Crippen LogP contribution in [0.5, 0.6) is 0 Å². The molecule has 1 aromatic rings. The standard InChI is InChI=1S/C9H9BrO4S/c1-5-6(10)2-8(15-5)7(11)3-14-4-9(12)13/h2H,3-4H2,1H3,(H,12,13). The second-order valence-electron chi connectivity index (χ2n) is 2.82. The molecule has 0 fully saturated rings. The number of rotatable bonds is 5. The van der Waals surface area contributed by atoms with Gasteiger partial charge in [0.25, 0.3) is 0 Å². The van der Waals surface area contributed by atoms with Gasteiger partial charge < -0.3 is 9.84 Å². The average Bonchev–Trinajstić information content (AvgIpc) is 2.46. The first kappa shape index (κ1) is 12.4. The highest BCUT2D eigenvalue weighted by Crippen LogP contribution is 2.26. The van der Waals surface area contributed by atoms with Crippen LogP contribution in [0.15, 0.2) is 10.5 Å². The maximum Gasteiger partial charge on any atom is 0.329 e. The van der Waals surface area contributed by atoms with Crippen LogP contribution in [0.25, 0.3) is 0 Å². The van der Waals surface area contributed by atoms with Gasteiger partial charge in [-0.1, -0.05) is 0 Å². The molecular weight excluding hydrogens is 284 g/mol. The number of aliphatic carboxylic acids is 1. The number of carboxylic acid groups (broad SMARTS) is 1. The fraction of sp³-hybridized carbons (Fsp3) is 0.333. The highest BCUT2D eigenvalue weighted by Gasteiger charge is 2.11. The van der Waals surface area contributed by atoms with Crippen molar-refractivity contribution in [3.63, 3.8) is 0 Å². The Morgan fingerprint density at radius 1 is 1.53 bits per heavy atom. The van der Waals surface area contributed by atoms with Gasteiger partial charge in [0.05, 0.1) is 4.88 Å². The molecular formula is C9H9BrO4S. The van der Waals surface area contributed by atoms with Crippen LogP contribution >= 0.6 is 27.3 Å². The average molecular weight is 293 g/mol. The molecule has 1 heterocycles. The molecule has 0 spiro atoms. The van der Waals surface area contributed by atoms with Crippen LogP contribution in [-0.4, -0.2) is 30.1 Å². The molecule has 1 rings (SSSR count). The van der Waals surface area contributed by atoms with Crippen molar-refractivity contribution in [1.82, 2.24) is 0 Å². The predicted molar refractivity (Wildman–Crippen MR) is 59.5 cm³/mol. The largest absolute Gasteiger partial charge is 0.480 e. The number of ketones is 1. The Labute approximate surface area is 99.0 Å². The number of aryl methyl sites for hydroxylation is 1. The summed E-state index contributed by atoms with van der Waals surface area (Å²) in [7, 11) is 0. The van der Waals surface area contributed by atoms with Crippen LogP contribution in [-0.2, 0) is 9.53 Å². The molecule has 15 heavy (non-hydrogen) atoms. The molecule has 4 nitrogen and oxygen atoms in total. The lowest BCUT2D eigenvalue weighted by Gasteiger charge is -1.97. The van der Waals surface area contributed by atoms with E-state index in [-0.39, 0.29) is 12.4 Å². The third-order valence-electron chi connectivity index (χ3n) is 1.59. The zero-order valence-electron chi connectivity index (χ0n) is 7.95. The minimum atomic E-state index is -1.08. The first-order valence-corrected chi connectivity index (χ1v) is 5.70. The quantitative estimate of drug-likeness (QED) is 0.844. The SMILES string of the molecule is Cc1sc(C(=O)COCC(=O)O)cc1Br. The highest BCUT2D eigenvalue weighted by atomic mass is 79.9. The molecule has 0 atom stereocenters. The van der Waals surface area contributed by atoms with E-state index in [1.165, 1.54) is 11.3 Å². The highest BCUT2D eigenvalue weighted by molar-refractivity contribution is 9.10. The van der Waals surface area contributed by atoms with E-state index in [9.17, 15) is 9.59 Å². The summed E-state index contributed by atoms with van der Waals surface area (Å²) in [6.45, 7) is 1.25. The third-order valence-corrected chi connectivity index (χ3v) is 3.77. The first-order valence-electron chi connectivity index (χ1n) is 4.09. The van der Waals surface area contributed by atoms with Crippen LogP contribution in [0, 0.1) is 6.92 Å². The van der Waals surface area contributed by atoms with Crippen molar-refractivity contribution in [3.8, 4) is 0 Å². The summed E-state index contributed by atoms with van der Waals surface area (Å²) in [5, 5.41) is 8.30. The minimum absolute atomic E-state index is 0.196. The molecule has 0 saturated heterocycles. The number of ether oxygens (including phenoxy) is 1. The molecule has 82 valence electrons. The van der Waals surface area contributed by atoms with Gasteiger partial charge in [0.1, 0.15) is 13.2 Å². The van der Waals surface area contributed by atoms with Crippen molar-refractivity contribution in [2.24, 2.45) is 0 Å². The Hall–Kier alpha value is -0.720. The molecule has 0 unspecified atom stereocenters. The van der Waals surface area contributed by atoms with Gasteiger partial charge in [-0.2, -0.15) is 0 Å². The summed E-state index contributed by atoms with van der Waals surface area (Å²) in [4.78, 5) is 23.2. The van der Waals surface area contributed by atoms with Gasteiger partial charge in [-0.25, -0.2) is 4.79 Å². The van der Waals surface area contributed by atoms with E-state index in [1.807, 2.05) is 6.92 Å². The van der Waals surface area contributed by atoms with Gasteiger partial charge >= 0.3 is 5.97 Å². The fourth-order valence-electron chi connectivity index (χ4n) is 0.899. The Morgan fingerprint density at radius 2 is 2.20 bits per heavy atom. The van der Waals surface area contributed by atoms with E-state index in [1.54, 1.807) is 6.07 Å². The number of carboxylic acids is 1. The van der Waals surface area contributed by atoms with Crippen LogP contribution in [0.3, 0.4) is 0 Å². The van der Waals surface area contributed by atoms with Crippen molar-refractivity contribution in [1.29, 1.82) is 0 Å². The molecule has 0 amide bonds. The van der Waals surface area contributed by atoms with Gasteiger partial charge in [-0.05, 0) is 28.9 Å². The van der Waals surface area contributed by atoms with Crippen LogP contribution in [0.2, 0.25) is 0 Å². The molecule has 1 aromatic heterocycles. The lowest BCUT2D eigenvalue weighted by molar-refractivity contribution is -0.141. The molecule has 0 aliphatic heterocycles. The Balaban J connectivity index is 2.50. The van der Waals surface area contributed by atoms with Gasteiger partial charge in [-0.3, -0.25) is 4.79 Å². The molecule has 0 saturated carbocycles. The monoisotopic (exact) mass is 292 g/mol. The summed E-state index contributed by atoms with van der Waals surface area (Å²) in [6, 6.07) is 1.71. The molecule has 0 aromatic carbocycles. The second kappa shape index (κ2) is 5.39. The summed E-state index contributed by atoms with van der Waals surface area (Å²) in [5.41, 5.74) is 0. The Morgan fingerprint density at radius 3 is 2.67 bits per heavy atom. The van der Waals surface area contributed by atoms with Crippen molar-refractivity contribution < 1.29 is 19.4 Å². The summed E-state index contributed by atoms with van der Waals surface area (Å²) in [6.07, 6.45) is 0. The lowest BCUT2D eigenvalue weighted by atomic mass is 10.3. The number of thiophene rings is 1. The lowest BCUT2D eigenvalue weighted by Crippen LogP contribution is -2.13. The minimum Gasteiger partial charge on any atom is -0.480 e. The van der Waals surface area contributed by atoms with Crippen molar-refractivity contribution >= 4 is 39.0 Å². The van der Waals surface area contributed by atoms with Gasteiger partial charge in [0, 0.05) is 9.35 Å². The number of Topliss-reactive ketones (excluding diaryl/α,β-unsaturated/α-hetero) is 1. The molecule has 0 bridgehead atoms. The zero-order chi connectivity index (χ0) is 11.4. The van der Waals surface area contributed by atoms with E-state index in [4.69, 9.17) is 9.84 Å². The summed E-state index contributed by atoms with van der Waals surface area (Å²) in [5.74, 6) is -1.28. The van der Waals surface area contributed by atoms with Gasteiger partial charge in [-0.15, -0.1) is 11.3 Å². The molecule has 1 N–H and O–H groups in total. The predicted octanol–water partition coefficient (Wildman–Crippen LogP) is 2.10. The number of carbonyl (C=O) groups is 2.